The molecule has 0 saturated carbocycles. The molecule has 0 aromatic heterocycles. The zero-order valence-electron chi connectivity index (χ0n) is 15.3. The van der Waals surface area contributed by atoms with Crippen LogP contribution in [-0.4, -0.2) is 42.9 Å². The Balaban J connectivity index is 1.84. The number of anilines is 2. The van der Waals surface area contributed by atoms with Crippen LogP contribution >= 0.6 is 0 Å². The van der Waals surface area contributed by atoms with Crippen molar-refractivity contribution in [3.8, 4) is 0 Å². The Labute approximate surface area is 156 Å². The molecule has 0 bridgehead atoms. The van der Waals surface area contributed by atoms with Crippen molar-refractivity contribution in [1.82, 2.24) is 4.90 Å². The minimum Gasteiger partial charge on any atom is -0.370 e. The number of alkyl halides is 3. The average molecular weight is 383 g/mol. The number of nitrogens with zero attached hydrogens (tertiary/aromatic N) is 2. The van der Waals surface area contributed by atoms with Crippen LogP contribution in [0.3, 0.4) is 0 Å². The van der Waals surface area contributed by atoms with Gasteiger partial charge in [-0.15, -0.1) is 0 Å². The molecule has 2 aliphatic rings. The minimum absolute atomic E-state index is 0.0949. The third kappa shape index (κ3) is 4.36. The number of rotatable bonds is 4. The van der Waals surface area contributed by atoms with Gasteiger partial charge in [-0.05, 0) is 44.4 Å². The summed E-state index contributed by atoms with van der Waals surface area (Å²) in [6, 6.07) is 3.48. The summed E-state index contributed by atoms with van der Waals surface area (Å²) >= 11 is 0. The Bertz CT molecular complexity index is 715. The number of hydrogen-bond acceptors (Lipinski definition) is 3. The molecular formula is C19H24F3N3O2. The second-order valence-electron chi connectivity index (χ2n) is 7.10. The van der Waals surface area contributed by atoms with E-state index in [0.29, 0.717) is 18.8 Å². The van der Waals surface area contributed by atoms with E-state index < -0.39 is 23.6 Å². The molecule has 1 N–H and O–H groups in total. The van der Waals surface area contributed by atoms with Gasteiger partial charge in [0, 0.05) is 32.6 Å². The first kappa shape index (κ1) is 19.5. The molecular weight excluding hydrogens is 359 g/mol. The second-order valence-corrected chi connectivity index (χ2v) is 7.10. The molecule has 0 aliphatic carbocycles. The van der Waals surface area contributed by atoms with Crippen molar-refractivity contribution < 1.29 is 22.8 Å². The number of hydrogen-bond donors (Lipinski definition) is 1. The number of carbonyl (C=O) groups excluding carboxylic acids is 2. The summed E-state index contributed by atoms with van der Waals surface area (Å²) < 4.78 is 39.5. The van der Waals surface area contributed by atoms with E-state index in [1.165, 1.54) is 6.07 Å². The summed E-state index contributed by atoms with van der Waals surface area (Å²) in [5, 5.41) is 2.67. The highest BCUT2D eigenvalue weighted by Crippen LogP contribution is 2.36. The van der Waals surface area contributed by atoms with E-state index in [1.54, 1.807) is 4.90 Å². The highest BCUT2D eigenvalue weighted by atomic mass is 19.4. The third-order valence-electron chi connectivity index (χ3n) is 5.25. The summed E-state index contributed by atoms with van der Waals surface area (Å²) in [7, 11) is 0. The van der Waals surface area contributed by atoms with Crippen molar-refractivity contribution in [3.05, 3.63) is 23.8 Å². The molecule has 1 aromatic rings. The van der Waals surface area contributed by atoms with Gasteiger partial charge in [-0.25, -0.2) is 0 Å². The van der Waals surface area contributed by atoms with Crippen LogP contribution in [0.1, 0.15) is 38.2 Å². The van der Waals surface area contributed by atoms with Crippen molar-refractivity contribution in [1.29, 1.82) is 0 Å². The van der Waals surface area contributed by atoms with E-state index in [2.05, 4.69) is 5.32 Å². The normalized spacial score (nSPS) is 20.9. The second kappa shape index (κ2) is 7.78. The molecule has 2 amide bonds. The number of amides is 2. The molecule has 1 atom stereocenters. The maximum atomic E-state index is 13.2. The molecule has 5 nitrogen and oxygen atoms in total. The fraction of sp³-hybridized carbons (Fsp3) is 0.579. The highest BCUT2D eigenvalue weighted by Gasteiger charge is 2.35. The Hall–Kier alpha value is -2.25. The highest BCUT2D eigenvalue weighted by molar-refractivity contribution is 5.99. The zero-order chi connectivity index (χ0) is 19.6. The summed E-state index contributed by atoms with van der Waals surface area (Å²) in [6.45, 7) is 4.16. The molecule has 2 saturated heterocycles. The standard InChI is InChI=1S/C19H24F3N3O2/c1-2-24-12-13(10-17(24)26)18(27)23-15-11-14(19(20,21)22)6-7-16(15)25-8-4-3-5-9-25/h6-7,11,13H,2-5,8-10,12H2,1H3,(H,23,27). The Morgan fingerprint density at radius 3 is 2.52 bits per heavy atom. The van der Waals surface area contributed by atoms with Gasteiger partial charge in [0.2, 0.25) is 11.8 Å². The quantitative estimate of drug-likeness (QED) is 0.866. The van der Waals surface area contributed by atoms with Crippen LogP contribution in [0, 0.1) is 5.92 Å². The smallest absolute Gasteiger partial charge is 0.370 e. The maximum Gasteiger partial charge on any atom is 0.416 e. The molecule has 3 rings (SSSR count). The van der Waals surface area contributed by atoms with Gasteiger partial charge in [-0.3, -0.25) is 9.59 Å². The van der Waals surface area contributed by atoms with E-state index >= 15 is 0 Å². The molecule has 8 heteroatoms. The number of carbonyl (C=O) groups is 2. The molecule has 2 fully saturated rings. The van der Waals surface area contributed by atoms with Gasteiger partial charge in [0.1, 0.15) is 0 Å². The fourth-order valence-corrected chi connectivity index (χ4v) is 3.71. The van der Waals surface area contributed by atoms with Crippen molar-refractivity contribution in [3.63, 3.8) is 0 Å². The molecule has 148 valence electrons. The van der Waals surface area contributed by atoms with Gasteiger partial charge < -0.3 is 15.1 Å². The minimum atomic E-state index is -4.48. The first-order valence-corrected chi connectivity index (χ1v) is 9.34. The van der Waals surface area contributed by atoms with Gasteiger partial charge in [0.25, 0.3) is 0 Å². The van der Waals surface area contributed by atoms with Crippen LogP contribution in [0.15, 0.2) is 18.2 Å². The van der Waals surface area contributed by atoms with Crippen LogP contribution in [-0.2, 0) is 15.8 Å². The first-order chi connectivity index (χ1) is 12.8. The summed E-state index contributed by atoms with van der Waals surface area (Å²) in [5.41, 5.74) is -0.0249. The third-order valence-corrected chi connectivity index (χ3v) is 5.25. The van der Waals surface area contributed by atoms with Gasteiger partial charge in [0.05, 0.1) is 22.9 Å². The SMILES string of the molecule is CCN1CC(C(=O)Nc2cc(C(F)(F)F)ccc2N2CCCCC2)CC1=O. The van der Waals surface area contributed by atoms with Crippen molar-refractivity contribution in [2.45, 2.75) is 38.8 Å². The predicted molar refractivity (Wildman–Crippen MR) is 96.5 cm³/mol. The predicted octanol–water partition coefficient (Wildman–Crippen LogP) is 3.50. The molecule has 1 unspecified atom stereocenters. The molecule has 2 heterocycles. The average Bonchev–Trinajstić information content (AvgIpc) is 3.02. The topological polar surface area (TPSA) is 52.7 Å². The summed E-state index contributed by atoms with van der Waals surface area (Å²) in [4.78, 5) is 28.1. The van der Waals surface area contributed by atoms with Gasteiger partial charge in [-0.2, -0.15) is 13.2 Å². The molecule has 0 radical (unpaired) electrons. The summed E-state index contributed by atoms with van der Waals surface area (Å²) in [5.74, 6) is -1.05. The van der Waals surface area contributed by atoms with Crippen LogP contribution in [0.4, 0.5) is 24.5 Å². The molecule has 0 spiro atoms. The largest absolute Gasteiger partial charge is 0.416 e. The number of halogens is 3. The van der Waals surface area contributed by atoms with Crippen LogP contribution in [0.5, 0.6) is 0 Å². The van der Waals surface area contributed by atoms with E-state index in [-0.39, 0.29) is 18.0 Å². The Morgan fingerprint density at radius 2 is 1.93 bits per heavy atom. The zero-order valence-corrected chi connectivity index (χ0v) is 15.3. The number of benzene rings is 1. The van der Waals surface area contributed by atoms with Gasteiger partial charge >= 0.3 is 6.18 Å². The van der Waals surface area contributed by atoms with Gasteiger partial charge in [-0.1, -0.05) is 0 Å². The molecule has 2 aliphatic heterocycles. The van der Waals surface area contributed by atoms with Crippen molar-refractivity contribution in [2.75, 3.05) is 36.4 Å². The van der Waals surface area contributed by atoms with Gasteiger partial charge in [0.15, 0.2) is 0 Å². The van der Waals surface area contributed by atoms with E-state index in [0.717, 1.165) is 44.5 Å². The fourth-order valence-electron chi connectivity index (χ4n) is 3.71. The number of piperidine rings is 1. The maximum absolute atomic E-state index is 13.2. The lowest BCUT2D eigenvalue weighted by molar-refractivity contribution is -0.137. The van der Waals surface area contributed by atoms with Crippen molar-refractivity contribution in [2.24, 2.45) is 5.92 Å². The van der Waals surface area contributed by atoms with Crippen LogP contribution < -0.4 is 10.2 Å². The summed E-state index contributed by atoms with van der Waals surface area (Å²) in [6.07, 6.45) is -1.36. The molecule has 27 heavy (non-hydrogen) atoms. The number of nitrogens with one attached hydrogen (secondary N) is 1. The lowest BCUT2D eigenvalue weighted by atomic mass is 10.1. The lowest BCUT2D eigenvalue weighted by Crippen LogP contribution is -2.32. The molecule has 1 aromatic carbocycles. The van der Waals surface area contributed by atoms with Crippen molar-refractivity contribution >= 4 is 23.2 Å². The number of likely N-dealkylation sites (tertiary alicyclic amines) is 1. The van der Waals surface area contributed by atoms with E-state index in [9.17, 15) is 22.8 Å². The monoisotopic (exact) mass is 383 g/mol. The first-order valence-electron chi connectivity index (χ1n) is 9.34. The van der Waals surface area contributed by atoms with Crippen LogP contribution in [0.25, 0.3) is 0 Å². The Kier molecular flexibility index (Phi) is 5.62. The Morgan fingerprint density at radius 1 is 1.22 bits per heavy atom. The van der Waals surface area contributed by atoms with E-state index in [4.69, 9.17) is 0 Å². The van der Waals surface area contributed by atoms with Crippen LogP contribution in [0.2, 0.25) is 0 Å². The lowest BCUT2D eigenvalue weighted by Gasteiger charge is -2.31. The van der Waals surface area contributed by atoms with E-state index in [1.807, 2.05) is 11.8 Å².